The number of nitrogens with zero attached hydrogens (tertiary/aromatic N) is 2. The predicted octanol–water partition coefficient (Wildman–Crippen LogP) is 4.27. The van der Waals surface area contributed by atoms with Gasteiger partial charge in [0.25, 0.3) is 5.91 Å². The first-order chi connectivity index (χ1) is 11.5. The van der Waals surface area contributed by atoms with Crippen LogP contribution in [-0.2, 0) is 0 Å². The number of carbonyl (C=O) groups excluding carboxylic acids is 1. The van der Waals surface area contributed by atoms with Crippen LogP contribution >= 0.6 is 22.9 Å². The molecule has 0 spiro atoms. The number of fused-ring (bicyclic) bond motifs is 1. The topological polar surface area (TPSA) is 69.1 Å². The molecule has 3 rings (SSSR count). The summed E-state index contributed by atoms with van der Waals surface area (Å²) in [5.41, 5.74) is 2.16. The molecule has 122 valence electrons. The minimum Gasteiger partial charge on any atom is -0.377 e. The van der Waals surface area contributed by atoms with E-state index in [1.54, 1.807) is 30.5 Å². The Morgan fingerprint density at radius 1 is 1.29 bits per heavy atom. The number of hydrogen-bond donors (Lipinski definition) is 2. The lowest BCUT2D eigenvalue weighted by Gasteiger charge is -2.13. The average Bonchev–Trinajstić information content (AvgIpc) is 2.95. The van der Waals surface area contributed by atoms with Crippen LogP contribution in [0.5, 0.6) is 0 Å². The molecule has 0 saturated carbocycles. The van der Waals surface area contributed by atoms with Crippen molar-refractivity contribution in [1.29, 1.82) is 5.41 Å². The molecule has 0 radical (unpaired) electrons. The Balaban J connectivity index is 2.05. The van der Waals surface area contributed by atoms with Gasteiger partial charge in [-0.15, -0.1) is 11.3 Å². The molecule has 0 atom stereocenters. The second-order valence-electron chi connectivity index (χ2n) is 5.35. The third-order valence-corrected chi connectivity index (χ3v) is 4.91. The lowest BCUT2D eigenvalue weighted by atomic mass is 10.1. The van der Waals surface area contributed by atoms with E-state index in [1.807, 2.05) is 25.1 Å². The number of aromatic nitrogens is 1. The predicted molar refractivity (Wildman–Crippen MR) is 101 cm³/mol. The Bertz CT molecular complexity index is 918. The summed E-state index contributed by atoms with van der Waals surface area (Å²) in [7, 11) is 3.85. The summed E-state index contributed by atoms with van der Waals surface area (Å²) in [6.07, 6.45) is 2.92. The van der Waals surface area contributed by atoms with Crippen LogP contribution < -0.4 is 10.2 Å². The van der Waals surface area contributed by atoms with Crippen molar-refractivity contribution in [2.75, 3.05) is 24.3 Å². The van der Waals surface area contributed by atoms with E-state index < -0.39 is 0 Å². The molecule has 3 aromatic rings. The zero-order chi connectivity index (χ0) is 17.3. The normalized spacial score (nSPS) is 10.6. The highest BCUT2D eigenvalue weighted by atomic mass is 35.5. The van der Waals surface area contributed by atoms with E-state index in [1.165, 1.54) is 17.6 Å². The molecule has 2 aromatic heterocycles. The second kappa shape index (κ2) is 6.59. The van der Waals surface area contributed by atoms with Crippen molar-refractivity contribution in [2.45, 2.75) is 0 Å². The fourth-order valence-electron chi connectivity index (χ4n) is 2.43. The third kappa shape index (κ3) is 2.98. The molecule has 0 bridgehead atoms. The van der Waals surface area contributed by atoms with Crippen molar-refractivity contribution in [1.82, 2.24) is 4.98 Å². The number of thiophene rings is 1. The highest BCUT2D eigenvalue weighted by Crippen LogP contribution is 2.35. The molecule has 2 N–H and O–H groups in total. The van der Waals surface area contributed by atoms with E-state index >= 15 is 0 Å². The Hall–Kier alpha value is -2.44. The lowest BCUT2D eigenvalue weighted by molar-refractivity contribution is 0.103. The van der Waals surface area contributed by atoms with Crippen molar-refractivity contribution < 1.29 is 4.79 Å². The zero-order valence-electron chi connectivity index (χ0n) is 13.1. The van der Waals surface area contributed by atoms with Crippen LogP contribution in [0.1, 0.15) is 15.2 Å². The molecule has 0 aliphatic carbocycles. The molecule has 1 aromatic carbocycles. The second-order valence-corrected chi connectivity index (χ2v) is 6.79. The minimum atomic E-state index is -0.261. The molecule has 24 heavy (non-hydrogen) atoms. The van der Waals surface area contributed by atoms with Gasteiger partial charge in [0.15, 0.2) is 0 Å². The Morgan fingerprint density at radius 3 is 2.62 bits per heavy atom. The van der Waals surface area contributed by atoms with Crippen LogP contribution in [0.15, 0.2) is 36.5 Å². The van der Waals surface area contributed by atoms with Gasteiger partial charge < -0.3 is 15.6 Å². The van der Waals surface area contributed by atoms with Gasteiger partial charge in [0.1, 0.15) is 9.71 Å². The largest absolute Gasteiger partial charge is 0.377 e. The SMILES string of the molecule is CN(C)c1ccnc2sc(C(=O)Nc3ccc(Cl)cc3)c(C=N)c12. The van der Waals surface area contributed by atoms with E-state index in [4.69, 9.17) is 17.0 Å². The van der Waals surface area contributed by atoms with E-state index in [9.17, 15) is 4.79 Å². The van der Waals surface area contributed by atoms with Gasteiger partial charge in [-0.05, 0) is 30.3 Å². The Morgan fingerprint density at radius 2 is 2.00 bits per heavy atom. The smallest absolute Gasteiger partial charge is 0.266 e. The van der Waals surface area contributed by atoms with Crippen molar-refractivity contribution in [2.24, 2.45) is 0 Å². The summed E-state index contributed by atoms with van der Waals surface area (Å²) in [5.74, 6) is -0.261. The maximum absolute atomic E-state index is 12.7. The molecule has 5 nitrogen and oxygen atoms in total. The van der Waals surface area contributed by atoms with Crippen LogP contribution in [0.25, 0.3) is 10.2 Å². The number of hydrogen-bond acceptors (Lipinski definition) is 5. The van der Waals surface area contributed by atoms with Crippen molar-refractivity contribution in [3.8, 4) is 0 Å². The molecule has 0 unspecified atom stereocenters. The van der Waals surface area contributed by atoms with E-state index in [2.05, 4.69) is 10.3 Å². The highest BCUT2D eigenvalue weighted by molar-refractivity contribution is 7.21. The number of benzene rings is 1. The van der Waals surface area contributed by atoms with Gasteiger partial charge in [0.05, 0.1) is 0 Å². The summed E-state index contributed by atoms with van der Waals surface area (Å²) in [4.78, 5) is 20.2. The van der Waals surface area contributed by atoms with Crippen LogP contribution in [-0.4, -0.2) is 31.2 Å². The molecular formula is C17H15ClN4OS. The van der Waals surface area contributed by atoms with Crippen molar-refractivity contribution >= 4 is 56.7 Å². The number of anilines is 2. The standard InChI is InChI=1S/C17H15ClN4OS/c1-22(2)13-7-8-20-17-14(13)12(9-19)15(24-17)16(23)21-11-5-3-10(18)4-6-11/h3-9,19H,1-2H3,(H,21,23). The molecular weight excluding hydrogens is 344 g/mol. The van der Waals surface area contributed by atoms with Gasteiger partial charge >= 0.3 is 0 Å². The number of carbonyl (C=O) groups is 1. The Labute approximate surface area is 148 Å². The van der Waals surface area contributed by atoms with E-state index in [-0.39, 0.29) is 5.91 Å². The third-order valence-electron chi connectivity index (χ3n) is 3.54. The number of halogens is 1. The summed E-state index contributed by atoms with van der Waals surface area (Å²) in [5, 5.41) is 12.0. The number of amides is 1. The molecule has 1 amide bonds. The number of pyridine rings is 1. The van der Waals surface area contributed by atoms with Gasteiger partial charge in [-0.1, -0.05) is 11.6 Å². The van der Waals surface area contributed by atoms with Gasteiger partial charge in [-0.2, -0.15) is 0 Å². The quantitative estimate of drug-likeness (QED) is 0.684. The van der Waals surface area contributed by atoms with Crippen molar-refractivity contribution in [3.63, 3.8) is 0 Å². The van der Waals surface area contributed by atoms with Crippen LogP contribution in [0, 0.1) is 5.41 Å². The highest BCUT2D eigenvalue weighted by Gasteiger charge is 2.20. The van der Waals surface area contributed by atoms with Crippen LogP contribution in [0.4, 0.5) is 11.4 Å². The monoisotopic (exact) mass is 358 g/mol. The van der Waals surface area contributed by atoms with Gasteiger partial charge in [-0.3, -0.25) is 4.79 Å². The maximum atomic E-state index is 12.7. The molecule has 0 aliphatic rings. The summed E-state index contributed by atoms with van der Waals surface area (Å²) in [6.45, 7) is 0. The molecule has 0 saturated heterocycles. The number of nitrogens with one attached hydrogen (secondary N) is 2. The minimum absolute atomic E-state index is 0.261. The van der Waals surface area contributed by atoms with Crippen molar-refractivity contribution in [3.05, 3.63) is 52.0 Å². The summed E-state index contributed by atoms with van der Waals surface area (Å²) in [6, 6.07) is 8.78. The summed E-state index contributed by atoms with van der Waals surface area (Å²) < 4.78 is 0. The van der Waals surface area contributed by atoms with Gasteiger partial charge in [0.2, 0.25) is 0 Å². The fourth-order valence-corrected chi connectivity index (χ4v) is 3.59. The summed E-state index contributed by atoms with van der Waals surface area (Å²) >= 11 is 7.14. The first-order valence-electron chi connectivity index (χ1n) is 7.17. The van der Waals surface area contributed by atoms with E-state index in [0.717, 1.165) is 15.9 Å². The molecule has 7 heteroatoms. The molecule has 0 fully saturated rings. The first-order valence-corrected chi connectivity index (χ1v) is 8.37. The molecule has 2 heterocycles. The maximum Gasteiger partial charge on any atom is 0.266 e. The average molecular weight is 359 g/mol. The van der Waals surface area contributed by atoms with Gasteiger partial charge in [0, 0.05) is 53.9 Å². The number of rotatable bonds is 4. The zero-order valence-corrected chi connectivity index (χ0v) is 14.7. The van der Waals surface area contributed by atoms with E-state index in [0.29, 0.717) is 21.2 Å². The fraction of sp³-hybridized carbons (Fsp3) is 0.118. The van der Waals surface area contributed by atoms with Crippen LogP contribution in [0.3, 0.4) is 0 Å². The Kier molecular flexibility index (Phi) is 4.51. The first kappa shape index (κ1) is 16.4. The van der Waals surface area contributed by atoms with Crippen LogP contribution in [0.2, 0.25) is 5.02 Å². The lowest BCUT2D eigenvalue weighted by Crippen LogP contribution is -2.12. The van der Waals surface area contributed by atoms with Gasteiger partial charge in [-0.25, -0.2) is 4.98 Å². The molecule has 0 aliphatic heterocycles.